The third kappa shape index (κ3) is 2.11. The molecule has 3 nitrogen and oxygen atoms in total. The normalized spacial score (nSPS) is 9.55. The number of ether oxygens (including phenoxy) is 1. The van der Waals surface area contributed by atoms with Crippen molar-refractivity contribution in [2.24, 2.45) is 0 Å². The van der Waals surface area contributed by atoms with Crippen molar-refractivity contribution in [2.75, 3.05) is 6.61 Å². The summed E-state index contributed by atoms with van der Waals surface area (Å²) in [5.41, 5.74) is 0. The van der Waals surface area contributed by atoms with Crippen LogP contribution in [-0.4, -0.2) is 16.4 Å². The Hall–Kier alpha value is -1.25. The first-order valence-corrected chi connectivity index (χ1v) is 3.63. The van der Waals surface area contributed by atoms with E-state index in [1.807, 2.05) is 17.8 Å². The van der Waals surface area contributed by atoms with Crippen molar-refractivity contribution >= 4 is 0 Å². The molecule has 0 N–H and O–H groups in total. The van der Waals surface area contributed by atoms with Crippen LogP contribution in [0.2, 0.25) is 0 Å². The maximum Gasteiger partial charge on any atom is 0.157 e. The number of hydrogen-bond donors (Lipinski definition) is 0. The molecule has 0 aliphatic rings. The van der Waals surface area contributed by atoms with E-state index in [9.17, 15) is 0 Å². The van der Waals surface area contributed by atoms with Gasteiger partial charge in [-0.1, -0.05) is 12.7 Å². The van der Waals surface area contributed by atoms with Crippen LogP contribution in [0.3, 0.4) is 0 Å². The molecule has 0 saturated heterocycles. The summed E-state index contributed by atoms with van der Waals surface area (Å²) < 4.78 is 7.05. The molecule has 0 spiro atoms. The quantitative estimate of drug-likeness (QED) is 0.611. The highest BCUT2D eigenvalue weighted by Gasteiger charge is 1.94. The van der Waals surface area contributed by atoms with Gasteiger partial charge in [0, 0.05) is 6.54 Å². The summed E-state index contributed by atoms with van der Waals surface area (Å²) >= 11 is 0. The van der Waals surface area contributed by atoms with Crippen molar-refractivity contribution in [3.05, 3.63) is 25.0 Å². The molecule has 0 bridgehead atoms. The van der Waals surface area contributed by atoms with Crippen LogP contribution in [0, 0.1) is 0 Å². The number of nitrogens with zero attached hydrogens (tertiary/aromatic N) is 2. The molecule has 0 saturated carbocycles. The van der Waals surface area contributed by atoms with E-state index in [1.54, 1.807) is 12.3 Å². The lowest BCUT2D eigenvalue weighted by molar-refractivity contribution is 0.362. The van der Waals surface area contributed by atoms with Gasteiger partial charge >= 0.3 is 0 Å². The van der Waals surface area contributed by atoms with Crippen molar-refractivity contribution in [1.82, 2.24) is 9.78 Å². The van der Waals surface area contributed by atoms with Crippen LogP contribution in [0.4, 0.5) is 0 Å². The van der Waals surface area contributed by atoms with Crippen molar-refractivity contribution in [3.8, 4) is 5.75 Å². The zero-order valence-corrected chi connectivity index (χ0v) is 6.66. The first-order valence-electron chi connectivity index (χ1n) is 3.63. The van der Waals surface area contributed by atoms with E-state index in [1.165, 1.54) is 0 Å². The van der Waals surface area contributed by atoms with E-state index in [0.29, 0.717) is 6.61 Å². The zero-order valence-electron chi connectivity index (χ0n) is 6.66. The van der Waals surface area contributed by atoms with Crippen LogP contribution in [-0.2, 0) is 6.54 Å². The molecular weight excluding hydrogens is 140 g/mol. The second-order valence-electron chi connectivity index (χ2n) is 2.13. The monoisotopic (exact) mass is 152 g/mol. The van der Waals surface area contributed by atoms with E-state index in [4.69, 9.17) is 4.74 Å². The van der Waals surface area contributed by atoms with Crippen LogP contribution in [0.25, 0.3) is 0 Å². The van der Waals surface area contributed by atoms with E-state index >= 15 is 0 Å². The maximum absolute atomic E-state index is 5.24. The molecule has 1 heterocycles. The molecule has 0 aromatic carbocycles. The van der Waals surface area contributed by atoms with Gasteiger partial charge in [-0.2, -0.15) is 5.10 Å². The number of rotatable bonds is 4. The third-order valence-electron chi connectivity index (χ3n) is 1.30. The summed E-state index contributed by atoms with van der Waals surface area (Å²) in [4.78, 5) is 0. The van der Waals surface area contributed by atoms with Gasteiger partial charge in [-0.15, -0.1) is 0 Å². The highest BCUT2D eigenvalue weighted by Crippen LogP contribution is 2.07. The van der Waals surface area contributed by atoms with Gasteiger partial charge in [-0.3, -0.25) is 4.68 Å². The van der Waals surface area contributed by atoms with Gasteiger partial charge in [-0.05, 0) is 6.92 Å². The van der Waals surface area contributed by atoms with Crippen LogP contribution < -0.4 is 4.74 Å². The summed E-state index contributed by atoms with van der Waals surface area (Å²) in [6.07, 6.45) is 5.28. The van der Waals surface area contributed by atoms with Crippen LogP contribution in [0.5, 0.6) is 5.75 Å². The lowest BCUT2D eigenvalue weighted by atomic mass is 10.6. The summed E-state index contributed by atoms with van der Waals surface area (Å²) in [7, 11) is 0. The Balaban J connectivity index is 2.50. The summed E-state index contributed by atoms with van der Waals surface area (Å²) in [5, 5.41) is 4.04. The van der Waals surface area contributed by atoms with Crippen LogP contribution in [0.15, 0.2) is 25.0 Å². The number of hydrogen-bond acceptors (Lipinski definition) is 2. The van der Waals surface area contributed by atoms with Gasteiger partial charge in [-0.25, -0.2) is 0 Å². The number of aryl methyl sites for hydroxylation is 1. The van der Waals surface area contributed by atoms with E-state index < -0.39 is 0 Å². The minimum atomic E-state index is 0.537. The highest BCUT2D eigenvalue weighted by atomic mass is 16.5. The fourth-order valence-electron chi connectivity index (χ4n) is 0.747. The summed E-state index contributed by atoms with van der Waals surface area (Å²) in [6, 6.07) is 0. The first-order chi connectivity index (χ1) is 5.36. The second kappa shape index (κ2) is 3.81. The molecule has 1 aromatic rings. The van der Waals surface area contributed by atoms with Crippen molar-refractivity contribution in [3.63, 3.8) is 0 Å². The van der Waals surface area contributed by atoms with Gasteiger partial charge in [0.1, 0.15) is 6.61 Å². The molecule has 1 aromatic heterocycles. The van der Waals surface area contributed by atoms with Gasteiger partial charge in [0.2, 0.25) is 0 Å². The van der Waals surface area contributed by atoms with Gasteiger partial charge in [0.15, 0.2) is 5.75 Å². The molecule has 0 amide bonds. The topological polar surface area (TPSA) is 27.1 Å². The molecule has 11 heavy (non-hydrogen) atoms. The smallest absolute Gasteiger partial charge is 0.157 e. The zero-order chi connectivity index (χ0) is 8.10. The van der Waals surface area contributed by atoms with Gasteiger partial charge in [0.25, 0.3) is 0 Å². The molecule has 0 aliphatic carbocycles. The van der Waals surface area contributed by atoms with Crippen LogP contribution >= 0.6 is 0 Å². The molecular formula is C8H12N2O. The first kappa shape index (κ1) is 7.85. The molecule has 60 valence electrons. The Morgan fingerprint density at radius 1 is 1.82 bits per heavy atom. The standard InChI is InChI=1S/C8H12N2O/c1-3-5-11-8-6-9-10(4-2)7-8/h3,6-7H,1,4-5H2,2H3. The van der Waals surface area contributed by atoms with E-state index in [0.717, 1.165) is 12.3 Å². The average molecular weight is 152 g/mol. The molecule has 3 heteroatoms. The minimum Gasteiger partial charge on any atom is -0.486 e. The number of aromatic nitrogens is 2. The summed E-state index contributed by atoms with van der Waals surface area (Å²) in [5.74, 6) is 0.798. The second-order valence-corrected chi connectivity index (χ2v) is 2.13. The fourth-order valence-corrected chi connectivity index (χ4v) is 0.747. The average Bonchev–Trinajstić information content (AvgIpc) is 2.48. The minimum absolute atomic E-state index is 0.537. The Bertz CT molecular complexity index is 230. The Labute approximate surface area is 66.3 Å². The molecule has 0 radical (unpaired) electrons. The maximum atomic E-state index is 5.24. The summed E-state index contributed by atoms with van der Waals surface area (Å²) in [6.45, 7) is 6.99. The predicted octanol–water partition coefficient (Wildman–Crippen LogP) is 1.47. The van der Waals surface area contributed by atoms with E-state index in [2.05, 4.69) is 11.7 Å². The largest absolute Gasteiger partial charge is 0.486 e. The fraction of sp³-hybridized carbons (Fsp3) is 0.375. The van der Waals surface area contributed by atoms with Gasteiger partial charge in [0.05, 0.1) is 12.4 Å². The highest BCUT2D eigenvalue weighted by molar-refractivity contribution is 5.11. The Morgan fingerprint density at radius 2 is 2.64 bits per heavy atom. The van der Waals surface area contributed by atoms with Crippen molar-refractivity contribution in [2.45, 2.75) is 13.5 Å². The predicted molar refractivity (Wildman–Crippen MR) is 43.6 cm³/mol. The van der Waals surface area contributed by atoms with Crippen molar-refractivity contribution < 1.29 is 4.74 Å². The van der Waals surface area contributed by atoms with E-state index in [-0.39, 0.29) is 0 Å². The van der Waals surface area contributed by atoms with Crippen LogP contribution in [0.1, 0.15) is 6.92 Å². The molecule has 0 unspecified atom stereocenters. The molecule has 0 fully saturated rings. The molecule has 1 rings (SSSR count). The Morgan fingerprint density at radius 3 is 3.18 bits per heavy atom. The SMILES string of the molecule is C=CCOc1cnn(CC)c1. The lowest BCUT2D eigenvalue weighted by Crippen LogP contribution is -1.93. The third-order valence-corrected chi connectivity index (χ3v) is 1.30. The van der Waals surface area contributed by atoms with Gasteiger partial charge < -0.3 is 4.74 Å². The lowest BCUT2D eigenvalue weighted by Gasteiger charge is -1.95. The molecule has 0 aliphatic heterocycles. The Kier molecular flexibility index (Phi) is 2.72. The van der Waals surface area contributed by atoms with Crippen molar-refractivity contribution in [1.29, 1.82) is 0 Å². The molecule has 0 atom stereocenters.